The van der Waals surface area contributed by atoms with Crippen LogP contribution in [0.5, 0.6) is 0 Å². The number of aliphatic hydroxyl groups is 1. The summed E-state index contributed by atoms with van der Waals surface area (Å²) in [5.41, 5.74) is 5.60. The number of aryl methyl sites for hydroxylation is 1. The van der Waals surface area contributed by atoms with Crippen LogP contribution in [0.2, 0.25) is 0 Å². The van der Waals surface area contributed by atoms with Crippen LogP contribution < -0.4 is 0 Å². The molecule has 1 fully saturated rings. The van der Waals surface area contributed by atoms with Crippen molar-refractivity contribution in [3.05, 3.63) is 96.1 Å². The zero-order valence-corrected chi connectivity index (χ0v) is 35.8. The molecular formula is C44H73N5O3. The van der Waals surface area contributed by atoms with Gasteiger partial charge >= 0.3 is 0 Å². The Morgan fingerprint density at radius 3 is 1.38 bits per heavy atom. The molecule has 292 valence electrons. The first kappa shape index (κ1) is 44.7. The maximum Gasteiger partial charge on any atom is 0.241 e. The van der Waals surface area contributed by atoms with Crippen molar-refractivity contribution in [1.29, 1.82) is 0 Å². The lowest BCUT2D eigenvalue weighted by atomic mass is 9.89. The molecule has 0 atom stereocenters. The van der Waals surface area contributed by atoms with Crippen molar-refractivity contribution in [2.24, 2.45) is 7.05 Å². The largest absolute Gasteiger partial charge is 0.389 e. The fraction of sp³-hybridized carbons (Fsp3) is 0.614. The van der Waals surface area contributed by atoms with Crippen molar-refractivity contribution in [2.45, 2.75) is 143 Å². The quantitative estimate of drug-likeness (QED) is 0.224. The molecule has 1 amide bonds. The number of amides is 1. The molecule has 0 saturated carbocycles. The monoisotopic (exact) mass is 720 g/mol. The summed E-state index contributed by atoms with van der Waals surface area (Å²) >= 11 is 0. The predicted molar refractivity (Wildman–Crippen MR) is 218 cm³/mol. The zero-order chi connectivity index (χ0) is 39.9. The number of rotatable bonds is 5. The van der Waals surface area contributed by atoms with Crippen LogP contribution in [0.25, 0.3) is 0 Å². The van der Waals surface area contributed by atoms with Gasteiger partial charge in [0.2, 0.25) is 5.91 Å². The second-order valence-corrected chi connectivity index (χ2v) is 19.3. The van der Waals surface area contributed by atoms with E-state index < -0.39 is 5.60 Å². The third-order valence-corrected chi connectivity index (χ3v) is 8.94. The van der Waals surface area contributed by atoms with Gasteiger partial charge in [-0.1, -0.05) is 83.1 Å². The molecule has 8 nitrogen and oxygen atoms in total. The van der Waals surface area contributed by atoms with E-state index in [1.54, 1.807) is 19.0 Å². The van der Waals surface area contributed by atoms with Crippen LogP contribution in [0.3, 0.4) is 0 Å². The van der Waals surface area contributed by atoms with Crippen LogP contribution in [-0.4, -0.2) is 67.1 Å². The Balaban J connectivity index is 0.000000242. The maximum atomic E-state index is 11.5. The summed E-state index contributed by atoms with van der Waals surface area (Å²) in [5, 5.41) is 9.66. The number of hydrogen-bond acceptors (Lipinski definition) is 3. The Morgan fingerprint density at radius 2 is 1.06 bits per heavy atom. The van der Waals surface area contributed by atoms with Gasteiger partial charge in [0, 0.05) is 70.7 Å². The molecule has 0 radical (unpaired) electrons. The van der Waals surface area contributed by atoms with Crippen LogP contribution >= 0.6 is 0 Å². The second-order valence-electron chi connectivity index (χ2n) is 19.3. The summed E-state index contributed by atoms with van der Waals surface area (Å²) in [4.78, 5) is 13.1. The van der Waals surface area contributed by atoms with Crippen molar-refractivity contribution in [3.63, 3.8) is 0 Å². The van der Waals surface area contributed by atoms with Crippen molar-refractivity contribution in [2.75, 3.05) is 27.3 Å². The van der Waals surface area contributed by atoms with Gasteiger partial charge in [-0.3, -0.25) is 4.79 Å². The van der Waals surface area contributed by atoms with E-state index in [0.717, 1.165) is 13.2 Å². The highest BCUT2D eigenvalue weighted by Gasteiger charge is 2.22. The molecule has 4 aromatic rings. The number of likely N-dealkylation sites (N-methyl/N-ethyl adjacent to an activating group) is 1. The lowest BCUT2D eigenvalue weighted by Gasteiger charge is -2.27. The Bertz CT molecular complexity index is 1640. The summed E-state index contributed by atoms with van der Waals surface area (Å²) in [7, 11) is 5.60. The first-order chi connectivity index (χ1) is 23.6. The molecule has 0 aliphatic carbocycles. The smallest absolute Gasteiger partial charge is 0.241 e. The zero-order valence-electron chi connectivity index (χ0n) is 35.8. The van der Waals surface area contributed by atoms with E-state index in [1.165, 1.54) is 22.3 Å². The topological polar surface area (TPSA) is 69.5 Å². The third kappa shape index (κ3) is 15.2. The van der Waals surface area contributed by atoms with Gasteiger partial charge in [0.1, 0.15) is 6.54 Å². The standard InChI is InChI=1S/C12H20N2O.C12H21NO.C11H17NO.C9H15N/c1-12(2,3)10-6-7-14(8-10)9-11(15)13(4)5;1-11(2,3)10-6-7-13(8-10)9-12(4,5)14;1-11(2,3)9-4-5-12(6-9)10-7-13-8-10;1-9(2,3)8-5-6-10(4)7-8/h6-8H,9H2,1-5H3;6-8,14H,9H2,1-5H3;4-6,10H,7-8H2,1-3H3;5-7H,1-4H3. The number of aromatic nitrogens is 4. The minimum atomic E-state index is -0.645. The minimum absolute atomic E-state index is 0.117. The average Bonchev–Trinajstić information content (AvgIpc) is 3.74. The molecule has 0 aromatic carbocycles. The SMILES string of the molecule is CC(C)(C)c1ccn(C2COC2)c1.CC(C)(O)Cn1ccc(C(C)(C)C)c1.CN(C)C(=O)Cn1ccc(C(C)(C)C)c1.Cn1ccc(C(C)(C)C)c1. The average molecular weight is 720 g/mol. The summed E-state index contributed by atoms with van der Waals surface area (Å²) in [6, 6.07) is 9.14. The number of carbonyl (C=O) groups is 1. The highest BCUT2D eigenvalue weighted by Crippen LogP contribution is 2.26. The lowest BCUT2D eigenvalue weighted by molar-refractivity contribution is -0.129. The Morgan fingerprint density at radius 1 is 0.654 bits per heavy atom. The predicted octanol–water partition coefficient (Wildman–Crippen LogP) is 9.11. The van der Waals surface area contributed by atoms with Gasteiger partial charge in [0.05, 0.1) is 31.4 Å². The number of ether oxygens (including phenoxy) is 1. The van der Waals surface area contributed by atoms with Crippen LogP contribution in [0.15, 0.2) is 73.8 Å². The highest BCUT2D eigenvalue weighted by molar-refractivity contribution is 5.75. The Kier molecular flexibility index (Phi) is 15.1. The molecule has 1 N–H and O–H groups in total. The molecule has 1 aliphatic rings. The third-order valence-electron chi connectivity index (χ3n) is 8.94. The van der Waals surface area contributed by atoms with Crippen LogP contribution in [0.4, 0.5) is 0 Å². The van der Waals surface area contributed by atoms with E-state index in [9.17, 15) is 9.90 Å². The first-order valence-electron chi connectivity index (χ1n) is 18.7. The number of nitrogens with zero attached hydrogens (tertiary/aromatic N) is 5. The minimum Gasteiger partial charge on any atom is -0.389 e. The van der Waals surface area contributed by atoms with Crippen molar-refractivity contribution < 1.29 is 14.6 Å². The van der Waals surface area contributed by atoms with E-state index in [1.807, 2.05) is 41.6 Å². The molecule has 0 spiro atoms. The van der Waals surface area contributed by atoms with Crippen LogP contribution in [-0.2, 0) is 51.3 Å². The molecule has 5 heterocycles. The maximum absolute atomic E-state index is 11.5. The van der Waals surface area contributed by atoms with E-state index in [2.05, 4.69) is 155 Å². The molecule has 8 heteroatoms. The van der Waals surface area contributed by atoms with E-state index >= 15 is 0 Å². The van der Waals surface area contributed by atoms with Gasteiger partial charge in [-0.05, 0) is 82.0 Å². The Hall–Kier alpha value is -3.49. The molecule has 0 unspecified atom stereocenters. The molecule has 4 aromatic heterocycles. The molecule has 52 heavy (non-hydrogen) atoms. The molecule has 1 saturated heterocycles. The summed E-state index contributed by atoms with van der Waals surface area (Å²) in [6.07, 6.45) is 16.8. The van der Waals surface area contributed by atoms with Crippen LogP contribution in [0, 0.1) is 0 Å². The van der Waals surface area contributed by atoms with Crippen molar-refractivity contribution >= 4 is 5.91 Å². The lowest BCUT2D eigenvalue weighted by Crippen LogP contribution is -2.29. The Labute approximate surface area is 316 Å². The van der Waals surface area contributed by atoms with Gasteiger partial charge in [-0.25, -0.2) is 0 Å². The fourth-order valence-electron chi connectivity index (χ4n) is 5.14. The van der Waals surface area contributed by atoms with Crippen molar-refractivity contribution in [1.82, 2.24) is 23.2 Å². The second kappa shape index (κ2) is 17.6. The summed E-state index contributed by atoms with van der Waals surface area (Å²) in [6.45, 7) is 32.9. The van der Waals surface area contributed by atoms with Crippen molar-refractivity contribution in [3.8, 4) is 0 Å². The van der Waals surface area contributed by atoms with Gasteiger partial charge in [-0.2, -0.15) is 0 Å². The number of carbonyl (C=O) groups excluding carboxylic acids is 1. The van der Waals surface area contributed by atoms with E-state index in [0.29, 0.717) is 24.5 Å². The molecule has 0 bridgehead atoms. The molecule has 5 rings (SSSR count). The number of hydrogen-bond donors (Lipinski definition) is 1. The van der Waals surface area contributed by atoms with Gasteiger partial charge in [-0.15, -0.1) is 0 Å². The van der Waals surface area contributed by atoms with Gasteiger partial charge in [0.15, 0.2) is 0 Å². The van der Waals surface area contributed by atoms with Crippen LogP contribution in [0.1, 0.15) is 125 Å². The molecule has 1 aliphatic heterocycles. The van der Waals surface area contributed by atoms with E-state index in [-0.39, 0.29) is 22.2 Å². The first-order valence-corrected chi connectivity index (χ1v) is 18.7. The normalized spacial score (nSPS) is 13.9. The van der Waals surface area contributed by atoms with E-state index in [4.69, 9.17) is 4.74 Å². The summed E-state index contributed by atoms with van der Waals surface area (Å²) in [5.74, 6) is 0.117. The summed E-state index contributed by atoms with van der Waals surface area (Å²) < 4.78 is 13.5. The van der Waals surface area contributed by atoms with Gasteiger partial charge < -0.3 is 33.0 Å². The molecular weight excluding hydrogens is 647 g/mol. The highest BCUT2D eigenvalue weighted by atomic mass is 16.5. The fourth-order valence-corrected chi connectivity index (χ4v) is 5.14. The van der Waals surface area contributed by atoms with Gasteiger partial charge in [0.25, 0.3) is 0 Å².